The Kier molecular flexibility index (Phi) is 6.94. The van der Waals surface area contributed by atoms with Crippen LogP contribution in [-0.2, 0) is 4.84 Å². The third-order valence-corrected chi connectivity index (χ3v) is 3.41. The van der Waals surface area contributed by atoms with Crippen molar-refractivity contribution in [2.75, 3.05) is 13.2 Å². The second-order valence-corrected chi connectivity index (χ2v) is 6.70. The van der Waals surface area contributed by atoms with Crippen molar-refractivity contribution in [3.8, 4) is 0 Å². The number of nitrogens with one attached hydrogen (secondary N) is 1. The van der Waals surface area contributed by atoms with Gasteiger partial charge in [0, 0.05) is 17.6 Å². The van der Waals surface area contributed by atoms with Gasteiger partial charge in [-0.05, 0) is 39.8 Å². The zero-order valence-electron chi connectivity index (χ0n) is 12.8. The number of hydrogen-bond acceptors (Lipinski definition) is 4. The molecule has 0 saturated heterocycles. The van der Waals surface area contributed by atoms with Crippen LogP contribution >= 0.6 is 23.2 Å². The van der Waals surface area contributed by atoms with Crippen LogP contribution in [0.5, 0.6) is 0 Å². The average Bonchev–Trinajstić information content (AvgIpc) is 2.38. The Bertz CT molecular complexity index is 499. The summed E-state index contributed by atoms with van der Waals surface area (Å²) < 4.78 is 0. The highest BCUT2D eigenvalue weighted by Crippen LogP contribution is 2.22. The average molecular weight is 333 g/mol. The molecule has 0 aromatic heterocycles. The molecule has 118 valence electrons. The summed E-state index contributed by atoms with van der Waals surface area (Å²) in [5, 5.41) is 17.9. The van der Waals surface area contributed by atoms with E-state index in [1.165, 1.54) is 0 Å². The van der Waals surface area contributed by atoms with Crippen molar-refractivity contribution in [1.29, 1.82) is 0 Å². The topological polar surface area (TPSA) is 53.9 Å². The Labute approximate surface area is 136 Å². The molecule has 0 spiro atoms. The van der Waals surface area contributed by atoms with Crippen LogP contribution in [0.2, 0.25) is 10.0 Å². The fraction of sp³-hybridized carbons (Fsp3) is 0.533. The van der Waals surface area contributed by atoms with Crippen molar-refractivity contribution in [3.05, 3.63) is 33.8 Å². The first kappa shape index (κ1) is 18.2. The molecule has 0 bridgehead atoms. The molecule has 1 aromatic rings. The zero-order chi connectivity index (χ0) is 16.0. The molecule has 2 N–H and O–H groups in total. The van der Waals surface area contributed by atoms with Crippen LogP contribution in [-0.4, -0.2) is 35.6 Å². The van der Waals surface area contributed by atoms with Gasteiger partial charge >= 0.3 is 0 Å². The lowest BCUT2D eigenvalue weighted by molar-refractivity contribution is 0.0373. The molecule has 0 amide bonds. The summed E-state index contributed by atoms with van der Waals surface area (Å²) >= 11 is 11.8. The Hall–Kier alpha value is -0.810. The number of benzene rings is 1. The van der Waals surface area contributed by atoms with Crippen molar-refractivity contribution >= 4 is 28.9 Å². The largest absolute Gasteiger partial charge is 0.393 e. The molecule has 6 heteroatoms. The van der Waals surface area contributed by atoms with Crippen molar-refractivity contribution < 1.29 is 9.94 Å². The Morgan fingerprint density at radius 3 is 2.57 bits per heavy atom. The first-order chi connectivity index (χ1) is 9.69. The number of hydrogen-bond donors (Lipinski definition) is 2. The summed E-state index contributed by atoms with van der Waals surface area (Å²) in [6.45, 7) is 8.49. The van der Waals surface area contributed by atoms with Crippen molar-refractivity contribution in [3.63, 3.8) is 0 Å². The molecule has 1 aromatic carbocycles. The fourth-order valence-corrected chi connectivity index (χ4v) is 1.78. The Morgan fingerprint density at radius 2 is 2.00 bits per heavy atom. The molecule has 0 saturated carbocycles. The minimum Gasteiger partial charge on any atom is -0.393 e. The predicted molar refractivity (Wildman–Crippen MR) is 88.4 cm³/mol. The standard InChI is InChI=1S/C15H22Cl2N2O2/c1-10(11-5-6-13(16)14(17)7-11)19-21-9-12(20)8-18-15(2,3)4/h5-7,12,18,20H,8-9H2,1-4H3/b19-10+. The molecule has 0 radical (unpaired) electrons. The van der Waals surface area contributed by atoms with E-state index in [0.717, 1.165) is 5.56 Å². The minimum absolute atomic E-state index is 0.0414. The van der Waals surface area contributed by atoms with E-state index in [0.29, 0.717) is 22.3 Å². The molecule has 1 unspecified atom stereocenters. The van der Waals surface area contributed by atoms with E-state index in [1.54, 1.807) is 19.1 Å². The SMILES string of the molecule is C/C(=N\OCC(O)CNC(C)(C)C)c1ccc(Cl)c(Cl)c1. The van der Waals surface area contributed by atoms with E-state index < -0.39 is 6.10 Å². The second-order valence-electron chi connectivity index (χ2n) is 5.89. The fourth-order valence-electron chi connectivity index (χ4n) is 1.48. The van der Waals surface area contributed by atoms with E-state index in [2.05, 4.69) is 10.5 Å². The summed E-state index contributed by atoms with van der Waals surface area (Å²) in [7, 11) is 0. The van der Waals surface area contributed by atoms with E-state index >= 15 is 0 Å². The van der Waals surface area contributed by atoms with Crippen molar-refractivity contribution in [2.24, 2.45) is 5.16 Å². The molecule has 0 heterocycles. The van der Waals surface area contributed by atoms with Crippen LogP contribution in [0.4, 0.5) is 0 Å². The number of rotatable bonds is 6. The van der Waals surface area contributed by atoms with Gasteiger partial charge in [0.1, 0.15) is 12.7 Å². The summed E-state index contributed by atoms with van der Waals surface area (Å²) in [6, 6.07) is 5.25. The van der Waals surface area contributed by atoms with Crippen LogP contribution in [0.25, 0.3) is 0 Å². The van der Waals surface area contributed by atoms with Gasteiger partial charge in [-0.2, -0.15) is 0 Å². The molecular formula is C15H22Cl2N2O2. The van der Waals surface area contributed by atoms with Crippen molar-refractivity contribution in [2.45, 2.75) is 39.3 Å². The predicted octanol–water partition coefficient (Wildman–Crippen LogP) is 3.48. The van der Waals surface area contributed by atoms with Gasteiger partial charge in [-0.3, -0.25) is 0 Å². The number of nitrogens with zero attached hydrogens (tertiary/aromatic N) is 1. The number of oxime groups is 1. The molecule has 0 aliphatic heterocycles. The highest BCUT2D eigenvalue weighted by atomic mass is 35.5. The lowest BCUT2D eigenvalue weighted by Gasteiger charge is -2.22. The highest BCUT2D eigenvalue weighted by Gasteiger charge is 2.12. The van der Waals surface area contributed by atoms with Gasteiger partial charge in [0.15, 0.2) is 0 Å². The van der Waals surface area contributed by atoms with Crippen LogP contribution in [0.3, 0.4) is 0 Å². The summed E-state index contributed by atoms with van der Waals surface area (Å²) in [5.41, 5.74) is 1.46. The lowest BCUT2D eigenvalue weighted by Crippen LogP contribution is -2.42. The van der Waals surface area contributed by atoms with Gasteiger partial charge in [0.05, 0.1) is 15.8 Å². The quantitative estimate of drug-likeness (QED) is 0.619. The summed E-state index contributed by atoms with van der Waals surface area (Å²) in [6.07, 6.45) is -0.616. The maximum Gasteiger partial charge on any atom is 0.144 e. The zero-order valence-corrected chi connectivity index (χ0v) is 14.3. The summed E-state index contributed by atoms with van der Waals surface area (Å²) in [4.78, 5) is 5.17. The molecule has 1 rings (SSSR count). The third kappa shape index (κ3) is 7.14. The number of aliphatic hydroxyl groups is 1. The third-order valence-electron chi connectivity index (χ3n) is 2.67. The minimum atomic E-state index is -0.616. The molecule has 21 heavy (non-hydrogen) atoms. The number of β-amino-alcohol motifs (C(OH)–C–C–N with tert-alkyl or cyclic N) is 1. The van der Waals surface area contributed by atoms with Crippen LogP contribution in [0, 0.1) is 0 Å². The molecular weight excluding hydrogens is 311 g/mol. The van der Waals surface area contributed by atoms with E-state index in [9.17, 15) is 5.11 Å². The molecule has 4 nitrogen and oxygen atoms in total. The Balaban J connectivity index is 2.47. The smallest absolute Gasteiger partial charge is 0.144 e. The normalized spacial score (nSPS) is 14.1. The van der Waals surface area contributed by atoms with Gasteiger partial charge < -0.3 is 15.3 Å². The van der Waals surface area contributed by atoms with E-state index in [4.69, 9.17) is 28.0 Å². The molecule has 1 atom stereocenters. The number of aliphatic hydroxyl groups excluding tert-OH is 1. The Morgan fingerprint density at radius 1 is 1.33 bits per heavy atom. The van der Waals surface area contributed by atoms with Gasteiger partial charge in [0.2, 0.25) is 0 Å². The lowest BCUT2D eigenvalue weighted by atomic mass is 10.1. The first-order valence-corrected chi connectivity index (χ1v) is 7.50. The van der Waals surface area contributed by atoms with Gasteiger partial charge in [0.25, 0.3) is 0 Å². The van der Waals surface area contributed by atoms with Crippen molar-refractivity contribution in [1.82, 2.24) is 5.32 Å². The number of halogens is 2. The second kappa shape index (κ2) is 7.99. The first-order valence-electron chi connectivity index (χ1n) is 6.74. The monoisotopic (exact) mass is 332 g/mol. The van der Waals surface area contributed by atoms with Crippen LogP contribution in [0.15, 0.2) is 23.4 Å². The van der Waals surface area contributed by atoms with Gasteiger partial charge in [-0.1, -0.05) is 34.4 Å². The molecule has 0 fully saturated rings. The van der Waals surface area contributed by atoms with Crippen LogP contribution < -0.4 is 5.32 Å². The van der Waals surface area contributed by atoms with Crippen LogP contribution in [0.1, 0.15) is 33.3 Å². The maximum atomic E-state index is 9.78. The van der Waals surface area contributed by atoms with E-state index in [-0.39, 0.29) is 12.1 Å². The van der Waals surface area contributed by atoms with Gasteiger partial charge in [-0.25, -0.2) is 0 Å². The van der Waals surface area contributed by atoms with E-state index in [1.807, 2.05) is 26.8 Å². The van der Waals surface area contributed by atoms with Gasteiger partial charge in [-0.15, -0.1) is 0 Å². The molecule has 0 aliphatic rings. The molecule has 0 aliphatic carbocycles. The summed E-state index contributed by atoms with van der Waals surface area (Å²) in [5.74, 6) is 0. The highest BCUT2D eigenvalue weighted by molar-refractivity contribution is 6.42. The maximum absolute atomic E-state index is 9.78.